The fourth-order valence-electron chi connectivity index (χ4n) is 2.33. The van der Waals surface area contributed by atoms with Gasteiger partial charge in [-0.2, -0.15) is 0 Å². The van der Waals surface area contributed by atoms with E-state index in [1.165, 1.54) is 5.56 Å². The molecule has 2 rings (SSSR count). The van der Waals surface area contributed by atoms with E-state index in [2.05, 4.69) is 21.9 Å². The highest BCUT2D eigenvalue weighted by Crippen LogP contribution is 2.44. The monoisotopic (exact) mass is 261 g/mol. The van der Waals surface area contributed by atoms with Crippen molar-refractivity contribution < 1.29 is 4.74 Å². The zero-order valence-corrected chi connectivity index (χ0v) is 12.4. The minimum Gasteiger partial charge on any atom is -0.497 e. The van der Waals surface area contributed by atoms with E-state index in [1.807, 2.05) is 40.3 Å². The van der Waals surface area contributed by atoms with Crippen LogP contribution >= 0.6 is 0 Å². The van der Waals surface area contributed by atoms with Gasteiger partial charge in [-0.15, -0.1) is 0 Å². The molecule has 0 spiro atoms. The van der Waals surface area contributed by atoms with E-state index in [1.54, 1.807) is 7.11 Å². The number of nitrogens with zero attached hydrogens (tertiary/aromatic N) is 3. The van der Waals surface area contributed by atoms with Crippen LogP contribution in [0.2, 0.25) is 0 Å². The van der Waals surface area contributed by atoms with Crippen molar-refractivity contribution >= 4 is 5.96 Å². The van der Waals surface area contributed by atoms with Crippen molar-refractivity contribution in [1.29, 1.82) is 0 Å². The van der Waals surface area contributed by atoms with Crippen LogP contribution in [0.1, 0.15) is 17.9 Å². The molecule has 0 N–H and O–H groups in total. The number of rotatable bonds is 3. The molecule has 0 heterocycles. The lowest BCUT2D eigenvalue weighted by molar-refractivity contribution is 0.414. The fraction of sp³-hybridized carbons (Fsp3) is 0.533. The molecule has 0 aliphatic heterocycles. The van der Waals surface area contributed by atoms with Gasteiger partial charge in [-0.3, -0.25) is 0 Å². The van der Waals surface area contributed by atoms with Gasteiger partial charge in [-0.1, -0.05) is 12.1 Å². The smallest absolute Gasteiger partial charge is 0.195 e. The molecule has 0 saturated heterocycles. The number of hydrogen-bond acceptors (Lipinski definition) is 2. The standard InChI is InChI=1S/C15H23N3O/c1-17(2)15(18(3)4)16-14-10-13(14)11-7-6-8-12(9-11)19-5/h6-9,13-14H,10H2,1-5H3/t13-,14+/m0/s1. The number of methoxy groups -OCH3 is 1. The Balaban J connectivity index is 2.09. The third-order valence-electron chi connectivity index (χ3n) is 3.36. The molecule has 1 saturated carbocycles. The number of aliphatic imine (C=N–C) groups is 1. The summed E-state index contributed by atoms with van der Waals surface area (Å²) in [7, 11) is 9.82. The third-order valence-corrected chi connectivity index (χ3v) is 3.36. The van der Waals surface area contributed by atoms with Crippen LogP contribution in [0.5, 0.6) is 5.75 Å². The van der Waals surface area contributed by atoms with E-state index in [0.717, 1.165) is 18.1 Å². The van der Waals surface area contributed by atoms with Gasteiger partial charge in [0.05, 0.1) is 13.2 Å². The predicted molar refractivity (Wildman–Crippen MR) is 78.9 cm³/mol. The Labute approximate surface area is 115 Å². The molecule has 1 fully saturated rings. The molecular formula is C15H23N3O. The van der Waals surface area contributed by atoms with Crippen molar-refractivity contribution in [1.82, 2.24) is 9.80 Å². The first kappa shape index (κ1) is 13.7. The van der Waals surface area contributed by atoms with Crippen LogP contribution in [0, 0.1) is 0 Å². The van der Waals surface area contributed by atoms with Crippen molar-refractivity contribution in [3.05, 3.63) is 29.8 Å². The molecule has 1 aromatic rings. The topological polar surface area (TPSA) is 28.1 Å². The Morgan fingerprint density at radius 1 is 1.21 bits per heavy atom. The van der Waals surface area contributed by atoms with Crippen LogP contribution in [0.3, 0.4) is 0 Å². The van der Waals surface area contributed by atoms with E-state index < -0.39 is 0 Å². The van der Waals surface area contributed by atoms with E-state index in [4.69, 9.17) is 9.73 Å². The van der Waals surface area contributed by atoms with Gasteiger partial charge in [0.2, 0.25) is 0 Å². The minimum absolute atomic E-state index is 0.395. The summed E-state index contributed by atoms with van der Waals surface area (Å²) in [5.74, 6) is 2.48. The SMILES string of the molecule is COc1cccc([C@@H]2C[C@H]2N=C(N(C)C)N(C)C)c1. The maximum absolute atomic E-state index is 5.27. The number of hydrogen-bond donors (Lipinski definition) is 0. The van der Waals surface area contributed by atoms with Crippen LogP contribution in [-0.2, 0) is 0 Å². The average molecular weight is 261 g/mol. The van der Waals surface area contributed by atoms with Gasteiger partial charge < -0.3 is 14.5 Å². The van der Waals surface area contributed by atoms with E-state index in [-0.39, 0.29) is 0 Å². The van der Waals surface area contributed by atoms with Gasteiger partial charge in [-0.25, -0.2) is 4.99 Å². The van der Waals surface area contributed by atoms with Gasteiger partial charge in [0.25, 0.3) is 0 Å². The first-order valence-corrected chi connectivity index (χ1v) is 6.59. The molecule has 19 heavy (non-hydrogen) atoms. The average Bonchev–Trinajstić information content (AvgIpc) is 3.14. The molecule has 0 amide bonds. The second-order valence-corrected chi connectivity index (χ2v) is 5.40. The zero-order chi connectivity index (χ0) is 14.0. The molecule has 104 valence electrons. The van der Waals surface area contributed by atoms with Crippen LogP contribution in [0.25, 0.3) is 0 Å². The summed E-state index contributed by atoms with van der Waals surface area (Å²) in [5.41, 5.74) is 1.32. The van der Waals surface area contributed by atoms with Gasteiger partial charge >= 0.3 is 0 Å². The summed E-state index contributed by atoms with van der Waals surface area (Å²) < 4.78 is 5.27. The zero-order valence-electron chi connectivity index (χ0n) is 12.4. The second kappa shape index (κ2) is 5.51. The molecule has 4 heteroatoms. The molecular weight excluding hydrogens is 238 g/mol. The van der Waals surface area contributed by atoms with Crippen LogP contribution in [-0.4, -0.2) is 57.1 Å². The summed E-state index contributed by atoms with van der Waals surface area (Å²) in [5, 5.41) is 0. The minimum atomic E-state index is 0.395. The maximum atomic E-state index is 5.27. The summed E-state index contributed by atoms with van der Waals surface area (Å²) in [6.07, 6.45) is 1.12. The summed E-state index contributed by atoms with van der Waals surface area (Å²) in [4.78, 5) is 8.94. The van der Waals surface area contributed by atoms with Gasteiger partial charge in [0.1, 0.15) is 5.75 Å². The normalized spacial score (nSPS) is 20.7. The summed E-state index contributed by atoms with van der Waals surface area (Å²) >= 11 is 0. The van der Waals surface area contributed by atoms with E-state index in [9.17, 15) is 0 Å². The highest BCUT2D eigenvalue weighted by molar-refractivity contribution is 5.79. The molecule has 0 radical (unpaired) electrons. The summed E-state index contributed by atoms with van der Waals surface area (Å²) in [6.45, 7) is 0. The lowest BCUT2D eigenvalue weighted by Crippen LogP contribution is -2.35. The Kier molecular flexibility index (Phi) is 3.98. The lowest BCUT2D eigenvalue weighted by atomic mass is 10.1. The quantitative estimate of drug-likeness (QED) is 0.615. The fourth-order valence-corrected chi connectivity index (χ4v) is 2.33. The highest BCUT2D eigenvalue weighted by atomic mass is 16.5. The van der Waals surface area contributed by atoms with Crippen LogP contribution in [0.15, 0.2) is 29.3 Å². The second-order valence-electron chi connectivity index (χ2n) is 5.40. The van der Waals surface area contributed by atoms with E-state index >= 15 is 0 Å². The maximum Gasteiger partial charge on any atom is 0.195 e. The van der Waals surface area contributed by atoms with Crippen molar-refractivity contribution in [3.63, 3.8) is 0 Å². The molecule has 1 aliphatic rings. The number of benzene rings is 1. The van der Waals surface area contributed by atoms with Gasteiger partial charge in [-0.05, 0) is 24.1 Å². The molecule has 0 unspecified atom stereocenters. The predicted octanol–water partition coefficient (Wildman–Crippen LogP) is 2.03. The van der Waals surface area contributed by atoms with Crippen LogP contribution in [0.4, 0.5) is 0 Å². The lowest BCUT2D eigenvalue weighted by Gasteiger charge is -2.22. The molecule has 1 aliphatic carbocycles. The largest absolute Gasteiger partial charge is 0.497 e. The van der Waals surface area contributed by atoms with Crippen molar-refractivity contribution in [3.8, 4) is 5.75 Å². The molecule has 2 atom stereocenters. The van der Waals surface area contributed by atoms with Crippen molar-refractivity contribution in [2.75, 3.05) is 35.3 Å². The molecule has 4 nitrogen and oxygen atoms in total. The Bertz CT molecular complexity index is 458. The Morgan fingerprint density at radius 2 is 1.89 bits per heavy atom. The molecule has 0 bridgehead atoms. The van der Waals surface area contributed by atoms with Crippen molar-refractivity contribution in [2.24, 2.45) is 4.99 Å². The third kappa shape index (κ3) is 3.19. The highest BCUT2D eigenvalue weighted by Gasteiger charge is 2.39. The Morgan fingerprint density at radius 3 is 2.47 bits per heavy atom. The first-order valence-electron chi connectivity index (χ1n) is 6.59. The van der Waals surface area contributed by atoms with Gasteiger partial charge in [0.15, 0.2) is 5.96 Å². The molecule has 0 aromatic heterocycles. The Hall–Kier alpha value is -1.71. The van der Waals surface area contributed by atoms with Crippen molar-refractivity contribution in [2.45, 2.75) is 18.4 Å². The number of guanidine groups is 1. The first-order chi connectivity index (χ1) is 9.02. The van der Waals surface area contributed by atoms with Crippen LogP contribution < -0.4 is 4.74 Å². The summed E-state index contributed by atoms with van der Waals surface area (Å²) in [6, 6.07) is 8.70. The molecule has 1 aromatic carbocycles. The van der Waals surface area contributed by atoms with Gasteiger partial charge in [0, 0.05) is 34.1 Å². The number of ether oxygens (including phenoxy) is 1. The van der Waals surface area contributed by atoms with E-state index in [0.29, 0.717) is 12.0 Å².